The van der Waals surface area contributed by atoms with Crippen molar-refractivity contribution < 1.29 is 18.7 Å². The first-order chi connectivity index (χ1) is 9.79. The minimum atomic E-state index is -2.58. The van der Waals surface area contributed by atoms with Gasteiger partial charge in [0.25, 0.3) is 5.92 Å². The molecule has 3 aliphatic rings. The second kappa shape index (κ2) is 4.83. The fourth-order valence-electron chi connectivity index (χ4n) is 2.75. The first-order valence-electron chi connectivity index (χ1n) is 6.84. The summed E-state index contributed by atoms with van der Waals surface area (Å²) in [6, 6.07) is 0. The highest BCUT2D eigenvalue weighted by Crippen LogP contribution is 2.48. The molecule has 114 valence electrons. The van der Waals surface area contributed by atoms with Gasteiger partial charge >= 0.3 is 5.97 Å². The number of piperidine rings is 1. The zero-order chi connectivity index (χ0) is 15.3. The third-order valence-corrected chi connectivity index (χ3v) is 5.42. The highest BCUT2D eigenvalue weighted by atomic mass is 32.2. The Hall–Kier alpha value is -1.37. The number of thioether (sulfide) groups is 1. The highest BCUT2D eigenvalue weighted by molar-refractivity contribution is 8.15. The van der Waals surface area contributed by atoms with Crippen molar-refractivity contribution >= 4 is 22.9 Å². The van der Waals surface area contributed by atoms with Crippen LogP contribution in [-0.2, 0) is 4.79 Å². The lowest BCUT2D eigenvalue weighted by Crippen LogP contribution is -2.41. The molecule has 1 fully saturated rings. The summed E-state index contributed by atoms with van der Waals surface area (Å²) in [7, 11) is 0. The molecule has 21 heavy (non-hydrogen) atoms. The van der Waals surface area contributed by atoms with Crippen LogP contribution in [0.3, 0.4) is 0 Å². The predicted octanol–water partition coefficient (Wildman–Crippen LogP) is 2.88. The van der Waals surface area contributed by atoms with Crippen LogP contribution in [0.5, 0.6) is 0 Å². The Balaban J connectivity index is 1.76. The van der Waals surface area contributed by atoms with Crippen molar-refractivity contribution in [2.45, 2.75) is 36.9 Å². The Morgan fingerprint density at radius 3 is 2.67 bits per heavy atom. The molecule has 0 aromatic rings. The van der Waals surface area contributed by atoms with Crippen molar-refractivity contribution in [3.05, 3.63) is 23.4 Å². The van der Waals surface area contributed by atoms with Crippen LogP contribution in [0.25, 0.3) is 0 Å². The van der Waals surface area contributed by atoms with E-state index >= 15 is 0 Å². The Morgan fingerprint density at radius 1 is 1.38 bits per heavy atom. The molecular weight excluding hydrogens is 298 g/mol. The van der Waals surface area contributed by atoms with E-state index in [0.29, 0.717) is 25.1 Å². The van der Waals surface area contributed by atoms with Gasteiger partial charge in [-0.25, -0.2) is 18.6 Å². The lowest BCUT2D eigenvalue weighted by Gasteiger charge is -2.33. The van der Waals surface area contributed by atoms with Crippen LogP contribution in [0.15, 0.2) is 28.4 Å². The smallest absolute Gasteiger partial charge is 0.331 e. The fourth-order valence-corrected chi connectivity index (χ4v) is 4.05. The molecule has 7 heteroatoms. The normalized spacial score (nSPS) is 31.2. The summed E-state index contributed by atoms with van der Waals surface area (Å²) in [5.74, 6) is -3.49. The van der Waals surface area contributed by atoms with Gasteiger partial charge in [0.05, 0.1) is 10.4 Å². The van der Waals surface area contributed by atoms with Crippen LogP contribution in [0.2, 0.25) is 0 Å². The van der Waals surface area contributed by atoms with E-state index in [9.17, 15) is 13.6 Å². The van der Waals surface area contributed by atoms with Crippen molar-refractivity contribution in [2.24, 2.45) is 4.99 Å². The van der Waals surface area contributed by atoms with Gasteiger partial charge in [0.2, 0.25) is 0 Å². The Bertz CT molecular complexity index is 576. The van der Waals surface area contributed by atoms with E-state index in [0.717, 1.165) is 10.9 Å². The molecule has 1 unspecified atom stereocenters. The molecule has 2 heterocycles. The van der Waals surface area contributed by atoms with E-state index in [1.165, 1.54) is 11.8 Å². The van der Waals surface area contributed by atoms with Crippen molar-refractivity contribution in [3.63, 3.8) is 0 Å². The van der Waals surface area contributed by atoms with E-state index in [1.54, 1.807) is 12.2 Å². The molecule has 1 saturated heterocycles. The van der Waals surface area contributed by atoms with Crippen LogP contribution >= 0.6 is 11.8 Å². The van der Waals surface area contributed by atoms with E-state index < -0.39 is 16.6 Å². The van der Waals surface area contributed by atoms with Crippen molar-refractivity contribution in [1.29, 1.82) is 0 Å². The van der Waals surface area contributed by atoms with Crippen LogP contribution in [-0.4, -0.2) is 44.9 Å². The SMILES string of the molecule is CC12CC(C(=O)O)=CC=C1N=C(N1CCC(F)(F)CC1)S2. The lowest BCUT2D eigenvalue weighted by atomic mass is 9.92. The third-order valence-electron chi connectivity index (χ3n) is 4.08. The second-order valence-electron chi connectivity index (χ2n) is 5.80. The molecule has 0 aromatic carbocycles. The average Bonchev–Trinajstić information content (AvgIpc) is 2.74. The molecule has 1 N–H and O–H groups in total. The van der Waals surface area contributed by atoms with Gasteiger partial charge in [-0.15, -0.1) is 0 Å². The third kappa shape index (κ3) is 2.71. The maximum atomic E-state index is 13.2. The van der Waals surface area contributed by atoms with Gasteiger partial charge in [0.15, 0.2) is 5.17 Å². The first kappa shape index (κ1) is 14.6. The minimum absolute atomic E-state index is 0.152. The molecular formula is C14H16F2N2O2S. The van der Waals surface area contributed by atoms with Crippen LogP contribution in [0, 0.1) is 0 Å². The van der Waals surface area contributed by atoms with Gasteiger partial charge in [-0.05, 0) is 19.1 Å². The summed E-state index contributed by atoms with van der Waals surface area (Å²) in [6.07, 6.45) is 3.40. The highest BCUT2D eigenvalue weighted by Gasteiger charge is 2.44. The summed E-state index contributed by atoms with van der Waals surface area (Å²) in [4.78, 5) is 17.5. The number of nitrogens with zero attached hydrogens (tertiary/aromatic N) is 2. The number of likely N-dealkylation sites (tertiary alicyclic amines) is 1. The maximum absolute atomic E-state index is 13.2. The molecule has 0 aromatic heterocycles. The number of halogens is 2. The molecule has 4 nitrogen and oxygen atoms in total. The van der Waals surface area contributed by atoms with Crippen LogP contribution in [0.4, 0.5) is 8.78 Å². The van der Waals surface area contributed by atoms with E-state index in [-0.39, 0.29) is 12.8 Å². The Kier molecular flexibility index (Phi) is 3.35. The molecule has 1 aliphatic carbocycles. The van der Waals surface area contributed by atoms with Gasteiger partial charge in [0.1, 0.15) is 0 Å². The number of aliphatic imine (C=N–C) groups is 1. The number of alkyl halides is 2. The summed E-state index contributed by atoms with van der Waals surface area (Å²) < 4.78 is 26.0. The number of carboxylic acid groups (broad SMARTS) is 1. The van der Waals surface area contributed by atoms with Crippen molar-refractivity contribution in [3.8, 4) is 0 Å². The monoisotopic (exact) mass is 314 g/mol. The van der Waals surface area contributed by atoms with Crippen LogP contribution < -0.4 is 0 Å². The summed E-state index contributed by atoms with van der Waals surface area (Å²) in [5.41, 5.74) is 1.18. The molecule has 0 radical (unpaired) electrons. The molecule has 0 bridgehead atoms. The minimum Gasteiger partial charge on any atom is -0.478 e. The molecule has 0 spiro atoms. The number of carbonyl (C=O) groups is 1. The molecule has 3 rings (SSSR count). The standard InChI is InChI=1S/C14H16F2N2O2S/c1-13-8-9(11(19)20)2-3-10(13)17-12(21-13)18-6-4-14(15,16)5-7-18/h2-3H,4-8H2,1H3,(H,19,20). The number of rotatable bonds is 1. The first-order valence-corrected chi connectivity index (χ1v) is 7.66. The zero-order valence-corrected chi connectivity index (χ0v) is 12.4. The number of hydrogen-bond acceptors (Lipinski definition) is 4. The van der Waals surface area contributed by atoms with Gasteiger partial charge in [-0.2, -0.15) is 0 Å². The largest absolute Gasteiger partial charge is 0.478 e. The summed E-state index contributed by atoms with van der Waals surface area (Å²) >= 11 is 1.48. The van der Waals surface area contributed by atoms with Gasteiger partial charge in [-0.3, -0.25) is 0 Å². The second-order valence-corrected chi connectivity index (χ2v) is 7.27. The number of carboxylic acids is 1. The van der Waals surface area contributed by atoms with Gasteiger partial charge < -0.3 is 10.0 Å². The number of hydrogen-bond donors (Lipinski definition) is 1. The summed E-state index contributed by atoms with van der Waals surface area (Å²) in [6.45, 7) is 2.54. The van der Waals surface area contributed by atoms with Crippen molar-refractivity contribution in [1.82, 2.24) is 4.90 Å². The zero-order valence-electron chi connectivity index (χ0n) is 11.6. The van der Waals surface area contributed by atoms with Gasteiger partial charge in [-0.1, -0.05) is 11.8 Å². The van der Waals surface area contributed by atoms with Crippen molar-refractivity contribution in [2.75, 3.05) is 13.1 Å². The molecule has 1 atom stereocenters. The van der Waals surface area contributed by atoms with E-state index in [4.69, 9.17) is 5.11 Å². The predicted molar refractivity (Wildman–Crippen MR) is 77.6 cm³/mol. The van der Waals surface area contributed by atoms with Gasteiger partial charge in [0, 0.05) is 37.9 Å². The topological polar surface area (TPSA) is 52.9 Å². The Labute approximate surface area is 125 Å². The quantitative estimate of drug-likeness (QED) is 0.808. The van der Waals surface area contributed by atoms with E-state index in [2.05, 4.69) is 4.99 Å². The molecule has 0 amide bonds. The number of fused-ring (bicyclic) bond motifs is 1. The number of allylic oxidation sites excluding steroid dienone is 2. The lowest BCUT2D eigenvalue weighted by molar-refractivity contribution is -0.132. The summed E-state index contributed by atoms with van der Waals surface area (Å²) in [5, 5.41) is 9.84. The fraction of sp³-hybridized carbons (Fsp3) is 0.571. The number of aliphatic carboxylic acids is 1. The van der Waals surface area contributed by atoms with E-state index in [1.807, 2.05) is 11.8 Å². The Morgan fingerprint density at radius 2 is 2.05 bits per heavy atom. The van der Waals surface area contributed by atoms with Crippen LogP contribution in [0.1, 0.15) is 26.2 Å². The maximum Gasteiger partial charge on any atom is 0.331 e. The molecule has 2 aliphatic heterocycles. The number of amidine groups is 1. The average molecular weight is 314 g/mol. The molecule has 0 saturated carbocycles.